The maximum Gasteiger partial charge on any atom is 0.288 e. The second kappa shape index (κ2) is 9.19. The predicted octanol–water partition coefficient (Wildman–Crippen LogP) is 5.50. The van der Waals surface area contributed by atoms with E-state index in [-0.39, 0.29) is 21.9 Å². The van der Waals surface area contributed by atoms with Crippen LogP contribution in [0.5, 0.6) is 5.75 Å². The average Bonchev–Trinajstić information content (AvgIpc) is 2.77. The number of anilines is 1. The summed E-state index contributed by atoms with van der Waals surface area (Å²) < 4.78 is 5.35. The smallest absolute Gasteiger partial charge is 0.288 e. The Bertz CT molecular complexity index is 1310. The van der Waals surface area contributed by atoms with E-state index in [1.807, 2.05) is 13.8 Å². The molecule has 0 saturated carbocycles. The molecule has 2 aliphatic rings. The Balaban J connectivity index is 1.87. The number of hydrogen-bond acceptors (Lipinski definition) is 6. The third kappa shape index (κ3) is 4.66. The number of para-hydroxylation sites is 2. The van der Waals surface area contributed by atoms with Crippen molar-refractivity contribution in [2.24, 2.45) is 5.41 Å². The van der Waals surface area contributed by atoms with Gasteiger partial charge in [-0.1, -0.05) is 43.6 Å². The van der Waals surface area contributed by atoms with Crippen molar-refractivity contribution in [1.82, 2.24) is 5.32 Å². The summed E-state index contributed by atoms with van der Waals surface area (Å²) in [5.41, 5.74) is 2.46. The number of carbonyl (C=O) groups excluding carboxylic acids is 2. The molecule has 2 aromatic carbocycles. The van der Waals surface area contributed by atoms with Crippen LogP contribution in [0.25, 0.3) is 0 Å². The van der Waals surface area contributed by atoms with Crippen LogP contribution in [0.1, 0.15) is 45.1 Å². The first-order valence-corrected chi connectivity index (χ1v) is 11.5. The highest BCUT2D eigenvalue weighted by Crippen LogP contribution is 2.47. The van der Waals surface area contributed by atoms with E-state index >= 15 is 0 Å². The van der Waals surface area contributed by atoms with E-state index in [4.69, 9.17) is 16.3 Å². The number of halogens is 1. The number of hydrogen-bond donors (Lipinski definition) is 2. The molecule has 35 heavy (non-hydrogen) atoms. The van der Waals surface area contributed by atoms with Gasteiger partial charge in [-0.25, -0.2) is 0 Å². The number of nitrogens with one attached hydrogen (secondary N) is 2. The van der Waals surface area contributed by atoms with Crippen LogP contribution in [0.4, 0.5) is 11.4 Å². The number of carbonyl (C=O) groups is 2. The third-order valence-corrected chi connectivity index (χ3v) is 6.66. The summed E-state index contributed by atoms with van der Waals surface area (Å²) >= 11 is 6.06. The van der Waals surface area contributed by atoms with Gasteiger partial charge in [0.05, 0.1) is 17.7 Å². The highest BCUT2D eigenvalue weighted by Gasteiger charge is 2.43. The van der Waals surface area contributed by atoms with Crippen molar-refractivity contribution in [3.63, 3.8) is 0 Å². The minimum atomic E-state index is -0.791. The topological polar surface area (TPSA) is 111 Å². The number of rotatable bonds is 5. The quantitative estimate of drug-likeness (QED) is 0.418. The van der Waals surface area contributed by atoms with Gasteiger partial charge in [-0.05, 0) is 42.5 Å². The Labute approximate surface area is 208 Å². The van der Waals surface area contributed by atoms with Crippen LogP contribution in [0.15, 0.2) is 65.0 Å². The number of dihydropyridines is 1. The van der Waals surface area contributed by atoms with E-state index in [2.05, 4.69) is 10.6 Å². The molecule has 2 N–H and O–H groups in total. The van der Waals surface area contributed by atoms with E-state index in [9.17, 15) is 19.7 Å². The maximum atomic E-state index is 13.7. The SMILES string of the molecule is COc1ccccc1NC(=O)C1=C(C)NC2=C(C(=O)CC(C)(C)C2)[C@@H]1c1ccc(Cl)c([N+](=O)[O-])c1. The summed E-state index contributed by atoms with van der Waals surface area (Å²) in [5, 5.41) is 17.8. The first-order valence-electron chi connectivity index (χ1n) is 11.1. The van der Waals surface area contributed by atoms with E-state index in [1.165, 1.54) is 19.2 Å². The lowest BCUT2D eigenvalue weighted by Crippen LogP contribution is -2.39. The van der Waals surface area contributed by atoms with Crippen molar-refractivity contribution in [2.45, 2.75) is 39.5 Å². The normalized spacial score (nSPS) is 19.1. The molecule has 1 aliphatic carbocycles. The number of allylic oxidation sites excluding steroid dienone is 3. The standard InChI is InChI=1S/C26H26ClN3O5/c1-14-22(25(32)29-17-7-5-6-8-21(17)35-4)23(15-9-10-16(27)19(11-15)30(33)34)24-18(28-14)12-26(2,3)13-20(24)31/h5-11,23,28H,12-13H2,1-4H3,(H,29,32)/t23-/m1/s1. The monoisotopic (exact) mass is 495 g/mol. The molecule has 0 spiro atoms. The van der Waals surface area contributed by atoms with Gasteiger partial charge in [0.2, 0.25) is 0 Å². The molecule has 1 atom stereocenters. The lowest BCUT2D eigenvalue weighted by atomic mass is 9.68. The molecule has 8 nitrogen and oxygen atoms in total. The molecule has 2 aromatic rings. The molecular formula is C26H26ClN3O5. The number of ether oxygens (including phenoxy) is 1. The minimum absolute atomic E-state index is 0.0151. The number of nitro benzene ring substituents is 1. The Morgan fingerprint density at radius 2 is 1.94 bits per heavy atom. The van der Waals surface area contributed by atoms with Crippen LogP contribution in [-0.2, 0) is 9.59 Å². The zero-order valence-electron chi connectivity index (χ0n) is 19.9. The summed E-state index contributed by atoms with van der Waals surface area (Å²) in [6.45, 7) is 5.80. The molecule has 0 saturated heterocycles. The number of ketones is 1. The van der Waals surface area contributed by atoms with Crippen molar-refractivity contribution in [3.8, 4) is 5.75 Å². The van der Waals surface area contributed by atoms with Gasteiger partial charge in [-0.2, -0.15) is 0 Å². The Morgan fingerprint density at radius 1 is 1.23 bits per heavy atom. The van der Waals surface area contributed by atoms with Crippen LogP contribution >= 0.6 is 11.6 Å². The van der Waals surface area contributed by atoms with Gasteiger partial charge < -0.3 is 15.4 Å². The summed E-state index contributed by atoms with van der Waals surface area (Å²) in [5.74, 6) is -0.842. The molecule has 1 aliphatic heterocycles. The molecule has 1 amide bonds. The van der Waals surface area contributed by atoms with Crippen LogP contribution in [-0.4, -0.2) is 23.7 Å². The maximum absolute atomic E-state index is 13.7. The van der Waals surface area contributed by atoms with Crippen molar-refractivity contribution in [1.29, 1.82) is 0 Å². The molecule has 0 fully saturated rings. The highest BCUT2D eigenvalue weighted by molar-refractivity contribution is 6.32. The second-order valence-electron chi connectivity index (χ2n) is 9.55. The van der Waals surface area contributed by atoms with Crippen molar-refractivity contribution >= 4 is 34.7 Å². The number of benzene rings is 2. The largest absolute Gasteiger partial charge is 0.495 e. The number of nitro groups is 1. The van der Waals surface area contributed by atoms with Gasteiger partial charge in [-0.15, -0.1) is 0 Å². The number of methoxy groups -OCH3 is 1. The van der Waals surface area contributed by atoms with Crippen LogP contribution < -0.4 is 15.4 Å². The van der Waals surface area contributed by atoms with E-state index in [0.717, 1.165) is 5.70 Å². The summed E-state index contributed by atoms with van der Waals surface area (Å²) in [6.07, 6.45) is 0.916. The van der Waals surface area contributed by atoms with Gasteiger partial charge in [-0.3, -0.25) is 19.7 Å². The predicted molar refractivity (Wildman–Crippen MR) is 133 cm³/mol. The zero-order chi connectivity index (χ0) is 25.5. The first kappa shape index (κ1) is 24.5. The first-order chi connectivity index (χ1) is 16.5. The number of Topliss-reactive ketones (excluding diaryl/α,β-unsaturated/α-hetero) is 1. The molecule has 0 radical (unpaired) electrons. The van der Waals surface area contributed by atoms with Crippen LogP contribution in [0.3, 0.4) is 0 Å². The van der Waals surface area contributed by atoms with Gasteiger partial charge in [0.1, 0.15) is 10.8 Å². The molecule has 0 bridgehead atoms. The van der Waals surface area contributed by atoms with E-state index in [0.29, 0.717) is 46.7 Å². The molecule has 0 aromatic heterocycles. The van der Waals surface area contributed by atoms with Crippen molar-refractivity contribution in [3.05, 3.63) is 85.7 Å². The van der Waals surface area contributed by atoms with Crippen molar-refractivity contribution in [2.75, 3.05) is 12.4 Å². The number of amides is 1. The minimum Gasteiger partial charge on any atom is -0.495 e. The molecule has 1 heterocycles. The van der Waals surface area contributed by atoms with Crippen LogP contribution in [0, 0.1) is 15.5 Å². The molecule has 182 valence electrons. The van der Waals surface area contributed by atoms with Gasteiger partial charge in [0, 0.05) is 40.9 Å². The molecular weight excluding hydrogens is 470 g/mol. The highest BCUT2D eigenvalue weighted by atomic mass is 35.5. The Hall–Kier alpha value is -3.65. The molecule has 4 rings (SSSR count). The van der Waals surface area contributed by atoms with Gasteiger partial charge >= 0.3 is 0 Å². The lowest BCUT2D eigenvalue weighted by molar-refractivity contribution is -0.384. The zero-order valence-corrected chi connectivity index (χ0v) is 20.7. The fourth-order valence-corrected chi connectivity index (χ4v) is 5.04. The van der Waals surface area contributed by atoms with Crippen LogP contribution in [0.2, 0.25) is 5.02 Å². The van der Waals surface area contributed by atoms with Gasteiger partial charge in [0.15, 0.2) is 5.78 Å². The summed E-state index contributed by atoms with van der Waals surface area (Å²) in [7, 11) is 1.51. The summed E-state index contributed by atoms with van der Waals surface area (Å²) in [4.78, 5) is 38.1. The Kier molecular flexibility index (Phi) is 6.42. The molecule has 9 heteroatoms. The average molecular weight is 496 g/mol. The third-order valence-electron chi connectivity index (χ3n) is 6.34. The fraction of sp³-hybridized carbons (Fsp3) is 0.308. The summed E-state index contributed by atoms with van der Waals surface area (Å²) in [6, 6.07) is 11.4. The molecule has 0 unspecified atom stereocenters. The van der Waals surface area contributed by atoms with Gasteiger partial charge in [0.25, 0.3) is 11.6 Å². The second-order valence-corrected chi connectivity index (χ2v) is 9.96. The van der Waals surface area contributed by atoms with E-state index in [1.54, 1.807) is 37.3 Å². The Morgan fingerprint density at radius 3 is 2.63 bits per heavy atom. The van der Waals surface area contributed by atoms with Crippen molar-refractivity contribution < 1.29 is 19.2 Å². The fourth-order valence-electron chi connectivity index (χ4n) is 4.86. The lowest BCUT2D eigenvalue weighted by Gasteiger charge is -2.39. The van der Waals surface area contributed by atoms with E-state index < -0.39 is 16.7 Å². The number of nitrogens with zero attached hydrogens (tertiary/aromatic N) is 1.